The number of pyridine rings is 1. The summed E-state index contributed by atoms with van der Waals surface area (Å²) >= 11 is 1.22. The average Bonchev–Trinajstić information content (AvgIpc) is 3.39. The normalized spacial score (nSPS) is 11.1. The summed E-state index contributed by atoms with van der Waals surface area (Å²) < 4.78 is 59.3. The van der Waals surface area contributed by atoms with Crippen LogP contribution in [0.4, 0.5) is 13.2 Å². The van der Waals surface area contributed by atoms with Gasteiger partial charge in [0.05, 0.1) is 32.5 Å². The van der Waals surface area contributed by atoms with E-state index in [1.54, 1.807) is 20.3 Å². The quantitative estimate of drug-likeness (QED) is 0.0996. The van der Waals surface area contributed by atoms with E-state index >= 15 is 0 Å². The second-order valence-electron chi connectivity index (χ2n) is 8.85. The van der Waals surface area contributed by atoms with Crippen molar-refractivity contribution in [3.05, 3.63) is 90.3 Å². The molecule has 7 nitrogen and oxygen atoms in total. The number of halogens is 3. The van der Waals surface area contributed by atoms with Gasteiger partial charge in [-0.1, -0.05) is 36.0 Å². The van der Waals surface area contributed by atoms with Gasteiger partial charge in [0.1, 0.15) is 0 Å². The van der Waals surface area contributed by atoms with Crippen LogP contribution in [0.2, 0.25) is 0 Å². The SMILES string of the molecule is C=CCn1c(SCc2cc(F)c(F)c(F)c2)nnc1-c1cc(-c2cc(OC)c(OC)c(OC)c2)nc2ccccc12. The van der Waals surface area contributed by atoms with Crippen molar-refractivity contribution in [2.24, 2.45) is 0 Å². The van der Waals surface area contributed by atoms with Crippen LogP contribution in [0.5, 0.6) is 17.2 Å². The largest absolute Gasteiger partial charge is 0.493 e. The predicted octanol–water partition coefficient (Wildman–Crippen LogP) is 7.08. The number of nitrogens with zero attached hydrogens (tertiary/aromatic N) is 4. The summed E-state index contributed by atoms with van der Waals surface area (Å²) in [5, 5.41) is 10.2. The molecule has 2 aromatic heterocycles. The van der Waals surface area contributed by atoms with Crippen LogP contribution in [0.15, 0.2) is 72.4 Å². The van der Waals surface area contributed by atoms with Crippen molar-refractivity contribution in [1.29, 1.82) is 0 Å². The number of fused-ring (bicyclic) bond motifs is 1. The Morgan fingerprint density at radius 2 is 1.59 bits per heavy atom. The van der Waals surface area contributed by atoms with Crippen molar-refractivity contribution in [2.75, 3.05) is 21.3 Å². The number of allylic oxidation sites excluding steroid dienone is 1. The minimum absolute atomic E-state index is 0.150. The summed E-state index contributed by atoms with van der Waals surface area (Å²) in [6.07, 6.45) is 1.71. The molecule has 0 amide bonds. The Morgan fingerprint density at radius 1 is 0.902 bits per heavy atom. The van der Waals surface area contributed by atoms with Gasteiger partial charge < -0.3 is 14.2 Å². The lowest BCUT2D eigenvalue weighted by Gasteiger charge is -2.15. The van der Waals surface area contributed by atoms with E-state index in [0.717, 1.165) is 34.2 Å². The van der Waals surface area contributed by atoms with E-state index in [9.17, 15) is 13.2 Å². The molecule has 0 atom stereocenters. The van der Waals surface area contributed by atoms with E-state index in [1.165, 1.54) is 18.9 Å². The van der Waals surface area contributed by atoms with Crippen molar-refractivity contribution in [3.63, 3.8) is 0 Å². The molecule has 3 aromatic carbocycles. The van der Waals surface area contributed by atoms with Gasteiger partial charge in [-0.3, -0.25) is 4.57 Å². The summed E-state index contributed by atoms with van der Waals surface area (Å²) in [4.78, 5) is 4.88. The fourth-order valence-corrected chi connectivity index (χ4v) is 5.34. The van der Waals surface area contributed by atoms with Crippen LogP contribution in [-0.4, -0.2) is 41.1 Å². The molecule has 2 heterocycles. The zero-order valence-corrected chi connectivity index (χ0v) is 23.3. The molecule has 0 fully saturated rings. The third kappa shape index (κ3) is 5.45. The van der Waals surface area contributed by atoms with Gasteiger partial charge in [0.2, 0.25) is 5.75 Å². The molecule has 0 aliphatic heterocycles. The lowest BCUT2D eigenvalue weighted by Crippen LogP contribution is -2.02. The fraction of sp³-hybridized carbons (Fsp3) is 0.167. The van der Waals surface area contributed by atoms with Crippen LogP contribution in [-0.2, 0) is 12.3 Å². The van der Waals surface area contributed by atoms with E-state index in [2.05, 4.69) is 16.8 Å². The number of para-hydroxylation sites is 1. The molecule has 0 saturated heterocycles. The van der Waals surface area contributed by atoms with Crippen LogP contribution in [0.25, 0.3) is 33.5 Å². The third-order valence-corrected chi connectivity index (χ3v) is 7.40. The number of aromatic nitrogens is 4. The van der Waals surface area contributed by atoms with E-state index < -0.39 is 17.5 Å². The minimum atomic E-state index is -1.50. The van der Waals surface area contributed by atoms with Crippen molar-refractivity contribution < 1.29 is 27.4 Å². The number of benzene rings is 3. The second-order valence-corrected chi connectivity index (χ2v) is 9.80. The molecule has 41 heavy (non-hydrogen) atoms. The van der Waals surface area contributed by atoms with Gasteiger partial charge in [0, 0.05) is 28.8 Å². The molecular formula is C30H25F3N4O3S. The van der Waals surface area contributed by atoms with Gasteiger partial charge >= 0.3 is 0 Å². The van der Waals surface area contributed by atoms with Crippen LogP contribution >= 0.6 is 11.8 Å². The Morgan fingerprint density at radius 3 is 2.22 bits per heavy atom. The standard InChI is InChI=1S/C30H25F3N4O3S/c1-5-10-37-29(35-36-30(37)41-16-17-11-21(31)27(33)22(32)12-17)20-15-24(34-23-9-7-6-8-19(20)23)18-13-25(38-2)28(40-4)26(14-18)39-3/h5-9,11-15H,1,10,16H2,2-4H3. The molecule has 5 aromatic rings. The van der Waals surface area contributed by atoms with Crippen LogP contribution in [0.1, 0.15) is 5.56 Å². The van der Waals surface area contributed by atoms with Crippen LogP contribution in [0.3, 0.4) is 0 Å². The Hall–Kier alpha value is -4.51. The first kappa shape index (κ1) is 28.0. The molecule has 0 spiro atoms. The minimum Gasteiger partial charge on any atom is -0.493 e. The maximum absolute atomic E-state index is 13.8. The molecule has 0 bridgehead atoms. The highest BCUT2D eigenvalue weighted by Crippen LogP contribution is 2.42. The van der Waals surface area contributed by atoms with E-state index in [0.29, 0.717) is 40.5 Å². The highest BCUT2D eigenvalue weighted by molar-refractivity contribution is 7.98. The van der Waals surface area contributed by atoms with Crippen LogP contribution in [0, 0.1) is 17.5 Å². The van der Waals surface area contributed by atoms with E-state index in [1.807, 2.05) is 47.0 Å². The summed E-state index contributed by atoms with van der Waals surface area (Å²) in [7, 11) is 4.63. The Balaban J connectivity index is 1.61. The van der Waals surface area contributed by atoms with Gasteiger partial charge in [0.25, 0.3) is 0 Å². The Labute approximate surface area is 238 Å². The highest BCUT2D eigenvalue weighted by atomic mass is 32.2. The smallest absolute Gasteiger partial charge is 0.203 e. The van der Waals surface area contributed by atoms with Crippen molar-refractivity contribution in [2.45, 2.75) is 17.5 Å². The van der Waals surface area contributed by atoms with Gasteiger partial charge in [-0.25, -0.2) is 18.2 Å². The van der Waals surface area contributed by atoms with Gasteiger partial charge in [-0.2, -0.15) is 0 Å². The monoisotopic (exact) mass is 578 g/mol. The van der Waals surface area contributed by atoms with Crippen molar-refractivity contribution in [1.82, 2.24) is 19.7 Å². The number of ether oxygens (including phenoxy) is 3. The first-order chi connectivity index (χ1) is 19.9. The van der Waals surface area contributed by atoms with Gasteiger partial charge in [0.15, 0.2) is 39.9 Å². The van der Waals surface area contributed by atoms with Gasteiger partial charge in [-0.15, -0.1) is 16.8 Å². The molecule has 210 valence electrons. The van der Waals surface area contributed by atoms with Crippen molar-refractivity contribution >= 4 is 22.7 Å². The maximum Gasteiger partial charge on any atom is 0.203 e. The second kappa shape index (κ2) is 11.9. The zero-order chi connectivity index (χ0) is 29.1. The average molecular weight is 579 g/mol. The predicted molar refractivity (Wildman–Crippen MR) is 152 cm³/mol. The summed E-state index contributed by atoms with van der Waals surface area (Å²) in [5.74, 6) is -1.83. The van der Waals surface area contributed by atoms with Gasteiger partial charge in [-0.05, 0) is 42.0 Å². The van der Waals surface area contributed by atoms with Crippen molar-refractivity contribution in [3.8, 4) is 39.9 Å². The lowest BCUT2D eigenvalue weighted by molar-refractivity contribution is 0.324. The zero-order valence-electron chi connectivity index (χ0n) is 22.5. The van der Waals surface area contributed by atoms with Crippen LogP contribution < -0.4 is 14.2 Å². The first-order valence-corrected chi connectivity index (χ1v) is 13.4. The Kier molecular flexibility index (Phi) is 8.16. The Bertz CT molecular complexity index is 1710. The summed E-state index contributed by atoms with van der Waals surface area (Å²) in [6.45, 7) is 4.23. The number of thioether (sulfide) groups is 1. The number of methoxy groups -OCH3 is 3. The summed E-state index contributed by atoms with van der Waals surface area (Å²) in [5.41, 5.74) is 3.14. The first-order valence-electron chi connectivity index (χ1n) is 12.4. The molecule has 0 aliphatic carbocycles. The topological polar surface area (TPSA) is 71.3 Å². The number of hydrogen-bond donors (Lipinski definition) is 0. The summed E-state index contributed by atoms with van der Waals surface area (Å²) in [6, 6.07) is 15.1. The fourth-order valence-electron chi connectivity index (χ4n) is 4.46. The molecular weight excluding hydrogens is 553 g/mol. The third-order valence-electron chi connectivity index (χ3n) is 6.36. The highest BCUT2D eigenvalue weighted by Gasteiger charge is 2.21. The van der Waals surface area contributed by atoms with E-state index in [-0.39, 0.29) is 11.3 Å². The lowest BCUT2D eigenvalue weighted by atomic mass is 10.0. The molecule has 11 heteroatoms. The molecule has 0 radical (unpaired) electrons. The molecule has 0 unspecified atom stereocenters. The molecule has 0 saturated carbocycles. The number of rotatable bonds is 10. The molecule has 0 N–H and O–H groups in total. The maximum atomic E-state index is 13.8. The molecule has 5 rings (SSSR count). The number of hydrogen-bond acceptors (Lipinski definition) is 7. The van der Waals surface area contributed by atoms with E-state index in [4.69, 9.17) is 19.2 Å². The molecule has 0 aliphatic rings.